The molecule has 2 aromatic heterocycles. The van der Waals surface area contributed by atoms with Crippen LogP contribution in [-0.4, -0.2) is 28.0 Å². The van der Waals surface area contributed by atoms with Gasteiger partial charge in [0, 0.05) is 18.7 Å². The maximum absolute atomic E-state index is 5.75. The molecule has 0 saturated carbocycles. The monoisotopic (exact) mass is 275 g/mol. The van der Waals surface area contributed by atoms with E-state index < -0.39 is 0 Å². The van der Waals surface area contributed by atoms with Gasteiger partial charge in [0.15, 0.2) is 5.13 Å². The molecule has 1 fully saturated rings. The number of aromatic nitrogens is 3. The Morgan fingerprint density at radius 1 is 1.37 bits per heavy atom. The number of aryl methyl sites for hydroxylation is 1. The molecular weight excluding hydrogens is 258 g/mol. The van der Waals surface area contributed by atoms with Gasteiger partial charge in [-0.25, -0.2) is 9.97 Å². The number of nitrogens with zero attached hydrogens (tertiary/aromatic N) is 3. The zero-order chi connectivity index (χ0) is 13.2. The van der Waals surface area contributed by atoms with Gasteiger partial charge in [-0.2, -0.15) is 0 Å². The molecule has 0 amide bonds. The van der Waals surface area contributed by atoms with E-state index in [4.69, 9.17) is 10.7 Å². The van der Waals surface area contributed by atoms with Gasteiger partial charge >= 0.3 is 0 Å². The molecule has 0 bridgehead atoms. The number of nitrogen functional groups attached to an aromatic ring is 1. The van der Waals surface area contributed by atoms with Crippen molar-refractivity contribution in [2.24, 2.45) is 0 Å². The van der Waals surface area contributed by atoms with E-state index >= 15 is 0 Å². The number of hydrogen-bond acceptors (Lipinski definition) is 6. The van der Waals surface area contributed by atoms with Gasteiger partial charge in [0.25, 0.3) is 0 Å². The first-order valence-electron chi connectivity index (χ1n) is 6.50. The summed E-state index contributed by atoms with van der Waals surface area (Å²) in [5.74, 6) is 0.465. The van der Waals surface area contributed by atoms with Gasteiger partial charge in [-0.3, -0.25) is 4.98 Å². The summed E-state index contributed by atoms with van der Waals surface area (Å²) in [6.07, 6.45) is 6.04. The van der Waals surface area contributed by atoms with E-state index in [0.29, 0.717) is 11.0 Å². The highest BCUT2D eigenvalue weighted by Gasteiger charge is 2.18. The summed E-state index contributed by atoms with van der Waals surface area (Å²) in [4.78, 5) is 14.4. The summed E-state index contributed by atoms with van der Waals surface area (Å²) >= 11 is 1.47. The summed E-state index contributed by atoms with van der Waals surface area (Å²) in [6, 6.07) is 0. The van der Waals surface area contributed by atoms with Crippen LogP contribution in [0.25, 0.3) is 10.6 Å². The van der Waals surface area contributed by atoms with Crippen molar-refractivity contribution in [2.75, 3.05) is 18.8 Å². The van der Waals surface area contributed by atoms with Crippen molar-refractivity contribution < 1.29 is 0 Å². The molecule has 0 unspecified atom stereocenters. The molecule has 2 aromatic rings. The van der Waals surface area contributed by atoms with Crippen LogP contribution in [-0.2, 0) is 0 Å². The van der Waals surface area contributed by atoms with E-state index in [2.05, 4.69) is 15.3 Å². The molecular formula is C13H17N5S. The van der Waals surface area contributed by atoms with E-state index in [-0.39, 0.29) is 0 Å². The van der Waals surface area contributed by atoms with Crippen molar-refractivity contribution in [2.45, 2.75) is 25.7 Å². The zero-order valence-corrected chi connectivity index (χ0v) is 11.7. The Bertz CT molecular complexity index is 574. The molecule has 3 rings (SSSR count). The van der Waals surface area contributed by atoms with Gasteiger partial charge in [-0.05, 0) is 26.3 Å². The Kier molecular flexibility index (Phi) is 3.44. The molecule has 1 aliphatic rings. The zero-order valence-electron chi connectivity index (χ0n) is 10.9. The van der Waals surface area contributed by atoms with Crippen molar-refractivity contribution in [1.82, 2.24) is 20.3 Å². The number of nitrogens with two attached hydrogens (primary N) is 1. The van der Waals surface area contributed by atoms with Crippen molar-refractivity contribution >= 4 is 16.5 Å². The van der Waals surface area contributed by atoms with E-state index in [1.807, 2.05) is 13.1 Å². The molecule has 3 N–H and O–H groups in total. The highest BCUT2D eigenvalue weighted by molar-refractivity contribution is 7.18. The molecule has 1 aliphatic heterocycles. The lowest BCUT2D eigenvalue weighted by Crippen LogP contribution is -2.28. The summed E-state index contributed by atoms with van der Waals surface area (Å²) in [5.41, 5.74) is 8.62. The predicted molar refractivity (Wildman–Crippen MR) is 77.1 cm³/mol. The first-order valence-corrected chi connectivity index (χ1v) is 7.31. The lowest BCUT2D eigenvalue weighted by molar-refractivity contribution is 0.454. The molecule has 0 aliphatic carbocycles. The maximum atomic E-state index is 5.75. The fourth-order valence-corrected chi connectivity index (χ4v) is 3.23. The van der Waals surface area contributed by atoms with Crippen LogP contribution in [0.4, 0.5) is 5.13 Å². The van der Waals surface area contributed by atoms with Crippen molar-refractivity contribution in [3.05, 3.63) is 23.8 Å². The second kappa shape index (κ2) is 5.22. The van der Waals surface area contributed by atoms with Crippen LogP contribution in [0.1, 0.15) is 30.1 Å². The Morgan fingerprint density at radius 2 is 2.26 bits per heavy atom. The molecule has 1 saturated heterocycles. The van der Waals surface area contributed by atoms with Gasteiger partial charge in [-0.15, -0.1) is 0 Å². The third-order valence-corrected chi connectivity index (χ3v) is 4.42. The minimum absolute atomic E-state index is 0.465. The SMILES string of the molecule is Cc1nc(N)sc1-c1cncc([C@H]2CCCNC2)n1. The van der Waals surface area contributed by atoms with Gasteiger partial charge in [0.2, 0.25) is 0 Å². The smallest absolute Gasteiger partial charge is 0.180 e. The van der Waals surface area contributed by atoms with Crippen LogP contribution >= 0.6 is 11.3 Å². The van der Waals surface area contributed by atoms with Crippen molar-refractivity contribution in [3.8, 4) is 10.6 Å². The molecule has 0 spiro atoms. The molecule has 0 radical (unpaired) electrons. The predicted octanol–water partition coefficient (Wildman–Crippen LogP) is 1.96. The number of thiazole rings is 1. The lowest BCUT2D eigenvalue weighted by atomic mass is 9.96. The van der Waals surface area contributed by atoms with Crippen LogP contribution in [0.2, 0.25) is 0 Å². The highest BCUT2D eigenvalue weighted by atomic mass is 32.1. The molecule has 3 heterocycles. The fourth-order valence-electron chi connectivity index (χ4n) is 2.45. The second-order valence-corrected chi connectivity index (χ2v) is 5.87. The van der Waals surface area contributed by atoms with E-state index in [0.717, 1.165) is 35.0 Å². The van der Waals surface area contributed by atoms with Gasteiger partial charge in [-0.1, -0.05) is 11.3 Å². The number of anilines is 1. The van der Waals surface area contributed by atoms with Crippen LogP contribution in [0.3, 0.4) is 0 Å². The van der Waals surface area contributed by atoms with Crippen molar-refractivity contribution in [1.29, 1.82) is 0 Å². The van der Waals surface area contributed by atoms with E-state index in [1.54, 1.807) is 6.20 Å². The normalized spacial score (nSPS) is 19.5. The first-order chi connectivity index (χ1) is 9.24. The van der Waals surface area contributed by atoms with Gasteiger partial charge in [0.05, 0.1) is 22.5 Å². The number of nitrogens with one attached hydrogen (secondary N) is 1. The first kappa shape index (κ1) is 12.5. The highest BCUT2D eigenvalue weighted by Crippen LogP contribution is 2.30. The summed E-state index contributed by atoms with van der Waals surface area (Å²) < 4.78 is 0. The average Bonchev–Trinajstić information content (AvgIpc) is 2.79. The Morgan fingerprint density at radius 3 is 2.95 bits per heavy atom. The Balaban J connectivity index is 1.93. The maximum Gasteiger partial charge on any atom is 0.180 e. The standard InChI is InChI=1S/C13H17N5S/c1-8-12(19-13(14)17-8)11-7-16-6-10(18-11)9-3-2-4-15-5-9/h6-7,9,15H,2-5H2,1H3,(H2,14,17)/t9-/m0/s1. The molecule has 5 nitrogen and oxygen atoms in total. The average molecular weight is 275 g/mol. The minimum atomic E-state index is 0.465. The summed E-state index contributed by atoms with van der Waals surface area (Å²) in [7, 11) is 0. The van der Waals surface area contributed by atoms with Crippen LogP contribution < -0.4 is 11.1 Å². The van der Waals surface area contributed by atoms with Crippen LogP contribution in [0.15, 0.2) is 12.4 Å². The molecule has 19 heavy (non-hydrogen) atoms. The second-order valence-electron chi connectivity index (χ2n) is 4.84. The largest absolute Gasteiger partial charge is 0.375 e. The van der Waals surface area contributed by atoms with Crippen LogP contribution in [0, 0.1) is 6.92 Å². The molecule has 0 aromatic carbocycles. The summed E-state index contributed by atoms with van der Waals surface area (Å²) in [5, 5.41) is 3.99. The number of piperidine rings is 1. The number of hydrogen-bond donors (Lipinski definition) is 2. The van der Waals surface area contributed by atoms with Gasteiger partial charge < -0.3 is 11.1 Å². The third kappa shape index (κ3) is 2.59. The Hall–Kier alpha value is -1.53. The molecule has 1 atom stereocenters. The van der Waals surface area contributed by atoms with Crippen LogP contribution in [0.5, 0.6) is 0 Å². The van der Waals surface area contributed by atoms with Gasteiger partial charge in [0.1, 0.15) is 5.69 Å². The third-order valence-electron chi connectivity index (χ3n) is 3.41. The Labute approximate surface area is 116 Å². The molecule has 100 valence electrons. The number of rotatable bonds is 2. The van der Waals surface area contributed by atoms with Crippen molar-refractivity contribution in [3.63, 3.8) is 0 Å². The van der Waals surface area contributed by atoms with E-state index in [9.17, 15) is 0 Å². The quantitative estimate of drug-likeness (QED) is 0.876. The lowest BCUT2D eigenvalue weighted by Gasteiger charge is -2.22. The van der Waals surface area contributed by atoms with E-state index in [1.165, 1.54) is 24.2 Å². The topological polar surface area (TPSA) is 76.7 Å². The summed E-state index contributed by atoms with van der Waals surface area (Å²) in [6.45, 7) is 4.05. The minimum Gasteiger partial charge on any atom is -0.375 e. The molecule has 6 heteroatoms. The fraction of sp³-hybridized carbons (Fsp3) is 0.462.